The molecule has 0 bridgehead atoms. The number of aromatic hydroxyl groups is 1. The van der Waals surface area contributed by atoms with Gasteiger partial charge >= 0.3 is 0 Å². The van der Waals surface area contributed by atoms with E-state index in [1.165, 1.54) is 6.92 Å². The summed E-state index contributed by atoms with van der Waals surface area (Å²) < 4.78 is 46.5. The number of nitrogens with two attached hydrogens (primary N) is 1. The molecule has 0 aliphatic rings. The molecule has 15 heavy (non-hydrogen) atoms. The second-order valence-electron chi connectivity index (χ2n) is 2.84. The number of aryl methyl sites for hydroxylation is 1. The van der Waals surface area contributed by atoms with Gasteiger partial charge in [-0.25, -0.2) is 27.3 Å². The highest BCUT2D eigenvalue weighted by atomic mass is 32.2. The first-order chi connectivity index (χ1) is 6.73. The molecule has 1 heterocycles. The number of sulfonamides is 1. The maximum atomic E-state index is 12.3. The molecular weight excluding hydrogens is 230 g/mol. The van der Waals surface area contributed by atoms with E-state index in [-0.39, 0.29) is 5.69 Å². The Morgan fingerprint density at radius 2 is 2.07 bits per heavy atom. The van der Waals surface area contributed by atoms with Crippen molar-refractivity contribution >= 4 is 10.0 Å². The van der Waals surface area contributed by atoms with E-state index < -0.39 is 32.8 Å². The Hall–Kier alpha value is -1.28. The standard InChI is InChI=1S/C7H8F2N2O3S/c1-3-2-4(15(10,13)14)6(12)5(11-3)7(8)9/h2,7,12H,1H3,(H2,10,13,14). The third kappa shape index (κ3) is 2.39. The smallest absolute Gasteiger partial charge is 0.284 e. The summed E-state index contributed by atoms with van der Waals surface area (Å²) in [5.74, 6) is -1.10. The van der Waals surface area contributed by atoms with Gasteiger partial charge in [0.1, 0.15) is 10.6 Å². The SMILES string of the molecule is Cc1cc(S(N)(=O)=O)c(O)c(C(F)F)n1. The first-order valence-electron chi connectivity index (χ1n) is 3.75. The van der Waals surface area contributed by atoms with Crippen LogP contribution in [0.4, 0.5) is 8.78 Å². The monoisotopic (exact) mass is 238 g/mol. The van der Waals surface area contributed by atoms with Crippen LogP contribution in [-0.2, 0) is 10.0 Å². The van der Waals surface area contributed by atoms with Crippen LogP contribution in [0.2, 0.25) is 0 Å². The van der Waals surface area contributed by atoms with Crippen LogP contribution in [0.25, 0.3) is 0 Å². The number of nitrogens with zero attached hydrogens (tertiary/aromatic N) is 1. The van der Waals surface area contributed by atoms with Gasteiger partial charge in [0.05, 0.1) is 0 Å². The van der Waals surface area contributed by atoms with E-state index in [2.05, 4.69) is 4.98 Å². The largest absolute Gasteiger partial charge is 0.505 e. The lowest BCUT2D eigenvalue weighted by molar-refractivity contribution is 0.141. The molecule has 0 aliphatic heterocycles. The molecule has 1 aromatic heterocycles. The zero-order valence-electron chi connectivity index (χ0n) is 7.61. The maximum absolute atomic E-state index is 12.3. The molecule has 0 atom stereocenters. The fourth-order valence-electron chi connectivity index (χ4n) is 1.03. The summed E-state index contributed by atoms with van der Waals surface area (Å²) in [7, 11) is -4.24. The second kappa shape index (κ2) is 3.70. The zero-order chi connectivity index (χ0) is 11.8. The van der Waals surface area contributed by atoms with Gasteiger partial charge in [0.2, 0.25) is 10.0 Å². The van der Waals surface area contributed by atoms with Crippen molar-refractivity contribution in [3.05, 3.63) is 17.5 Å². The molecule has 84 valence electrons. The summed E-state index contributed by atoms with van der Waals surface area (Å²) in [5.41, 5.74) is -0.953. The molecule has 0 radical (unpaired) electrons. The van der Waals surface area contributed by atoms with Gasteiger partial charge in [0, 0.05) is 5.69 Å². The normalized spacial score (nSPS) is 12.1. The Labute approximate surface area is 84.6 Å². The molecular formula is C7H8F2N2O3S. The van der Waals surface area contributed by atoms with Gasteiger partial charge in [-0.2, -0.15) is 0 Å². The van der Waals surface area contributed by atoms with Crippen LogP contribution >= 0.6 is 0 Å². The van der Waals surface area contributed by atoms with Gasteiger partial charge in [-0.1, -0.05) is 0 Å². The molecule has 8 heteroatoms. The predicted octanol–water partition coefficient (Wildman–Crippen LogP) is 0.681. The Morgan fingerprint density at radius 3 is 2.47 bits per heavy atom. The van der Waals surface area contributed by atoms with Crippen LogP contribution in [0.1, 0.15) is 17.8 Å². The number of primary sulfonamides is 1. The van der Waals surface area contributed by atoms with E-state index in [4.69, 9.17) is 5.14 Å². The topological polar surface area (TPSA) is 93.3 Å². The minimum absolute atomic E-state index is 0.0344. The fourth-order valence-corrected chi connectivity index (χ4v) is 1.74. The zero-order valence-corrected chi connectivity index (χ0v) is 8.42. The summed E-state index contributed by atoms with van der Waals surface area (Å²) in [6.07, 6.45) is -3.06. The van der Waals surface area contributed by atoms with Crippen molar-refractivity contribution in [2.75, 3.05) is 0 Å². The van der Waals surface area contributed by atoms with E-state index >= 15 is 0 Å². The summed E-state index contributed by atoms with van der Waals surface area (Å²) in [6, 6.07) is 0.927. The van der Waals surface area contributed by atoms with Crippen molar-refractivity contribution in [2.24, 2.45) is 5.14 Å². The van der Waals surface area contributed by atoms with Crippen molar-refractivity contribution in [3.8, 4) is 5.75 Å². The van der Waals surface area contributed by atoms with Gasteiger partial charge in [-0.05, 0) is 13.0 Å². The van der Waals surface area contributed by atoms with Crippen LogP contribution in [0.15, 0.2) is 11.0 Å². The number of hydrogen-bond acceptors (Lipinski definition) is 4. The Kier molecular flexibility index (Phi) is 2.91. The first kappa shape index (κ1) is 11.8. The fraction of sp³-hybridized carbons (Fsp3) is 0.286. The molecule has 1 rings (SSSR count). The molecule has 0 amide bonds. The number of alkyl halides is 2. The lowest BCUT2D eigenvalue weighted by Gasteiger charge is -2.08. The van der Waals surface area contributed by atoms with Crippen LogP contribution in [0.5, 0.6) is 5.75 Å². The quantitative estimate of drug-likeness (QED) is 0.792. The van der Waals surface area contributed by atoms with Crippen molar-refractivity contribution in [2.45, 2.75) is 18.2 Å². The molecule has 3 N–H and O–H groups in total. The highest BCUT2D eigenvalue weighted by molar-refractivity contribution is 7.89. The molecule has 0 saturated carbocycles. The molecule has 0 saturated heterocycles. The van der Waals surface area contributed by atoms with Crippen molar-refractivity contribution in [3.63, 3.8) is 0 Å². The van der Waals surface area contributed by atoms with E-state index in [9.17, 15) is 22.3 Å². The van der Waals surface area contributed by atoms with Gasteiger partial charge in [0.25, 0.3) is 6.43 Å². The van der Waals surface area contributed by atoms with Crippen molar-refractivity contribution in [1.82, 2.24) is 4.98 Å². The number of halogens is 2. The minimum Gasteiger partial charge on any atom is -0.505 e. The molecule has 0 aliphatic carbocycles. The van der Waals surface area contributed by atoms with Gasteiger partial charge < -0.3 is 5.11 Å². The predicted molar refractivity (Wildman–Crippen MR) is 47.0 cm³/mol. The van der Waals surface area contributed by atoms with Gasteiger partial charge in [0.15, 0.2) is 5.75 Å². The Morgan fingerprint density at radius 1 is 1.53 bits per heavy atom. The van der Waals surface area contributed by atoms with E-state index in [0.717, 1.165) is 6.07 Å². The van der Waals surface area contributed by atoms with Gasteiger partial charge in [-0.15, -0.1) is 0 Å². The lowest BCUT2D eigenvalue weighted by Crippen LogP contribution is -2.14. The van der Waals surface area contributed by atoms with E-state index in [1.807, 2.05) is 0 Å². The third-order valence-corrected chi connectivity index (χ3v) is 2.55. The highest BCUT2D eigenvalue weighted by Crippen LogP contribution is 2.31. The molecule has 0 spiro atoms. The summed E-state index contributed by atoms with van der Waals surface area (Å²) in [6.45, 7) is 1.32. The molecule has 0 fully saturated rings. The van der Waals surface area contributed by atoms with Crippen LogP contribution < -0.4 is 5.14 Å². The Bertz CT molecular complexity index is 487. The molecule has 0 unspecified atom stereocenters. The lowest BCUT2D eigenvalue weighted by atomic mass is 10.3. The van der Waals surface area contributed by atoms with Crippen molar-refractivity contribution in [1.29, 1.82) is 0 Å². The van der Waals surface area contributed by atoms with Crippen LogP contribution in [0, 0.1) is 6.92 Å². The molecule has 5 nitrogen and oxygen atoms in total. The number of aromatic nitrogens is 1. The summed E-state index contributed by atoms with van der Waals surface area (Å²) in [4.78, 5) is 2.58. The molecule has 0 aromatic carbocycles. The maximum Gasteiger partial charge on any atom is 0.284 e. The van der Waals surface area contributed by atoms with Crippen LogP contribution in [0.3, 0.4) is 0 Å². The first-order valence-corrected chi connectivity index (χ1v) is 5.29. The third-order valence-electron chi connectivity index (χ3n) is 1.63. The summed E-state index contributed by atoms with van der Waals surface area (Å²) >= 11 is 0. The number of pyridine rings is 1. The van der Waals surface area contributed by atoms with Gasteiger partial charge in [-0.3, -0.25) is 0 Å². The average molecular weight is 238 g/mol. The number of hydrogen-bond donors (Lipinski definition) is 2. The van der Waals surface area contributed by atoms with E-state index in [0.29, 0.717) is 0 Å². The highest BCUT2D eigenvalue weighted by Gasteiger charge is 2.23. The van der Waals surface area contributed by atoms with E-state index in [1.54, 1.807) is 0 Å². The van der Waals surface area contributed by atoms with Crippen LogP contribution in [-0.4, -0.2) is 18.5 Å². The molecule has 1 aromatic rings. The van der Waals surface area contributed by atoms with Crippen molar-refractivity contribution < 1.29 is 22.3 Å². The minimum atomic E-state index is -4.24. The Balaban J connectivity index is 3.56. The summed E-state index contributed by atoms with van der Waals surface area (Å²) in [5, 5.41) is 14.0. The second-order valence-corrected chi connectivity index (χ2v) is 4.37. The number of rotatable bonds is 2. The average Bonchev–Trinajstić information content (AvgIpc) is 2.06.